The number of hydrogen-bond donors (Lipinski definition) is 0. The van der Waals surface area contributed by atoms with Crippen molar-refractivity contribution >= 4 is 11.6 Å². The van der Waals surface area contributed by atoms with Crippen LogP contribution in [0.4, 0.5) is 0 Å². The van der Waals surface area contributed by atoms with E-state index in [-0.39, 0.29) is 11.1 Å². The van der Waals surface area contributed by atoms with Gasteiger partial charge in [-0.1, -0.05) is 23.7 Å². The van der Waals surface area contributed by atoms with Crippen molar-refractivity contribution in [2.45, 2.75) is 6.54 Å². The molecular formula is C13H9ClN2O. The Morgan fingerprint density at radius 2 is 1.94 bits per heavy atom. The minimum absolute atomic E-state index is 0.154. The molecule has 0 saturated heterocycles. The SMILES string of the molecule is N#Cc1cccn(Cc2ccc(Cl)cc2)c1=O. The van der Waals surface area contributed by atoms with Crippen LogP contribution in [0, 0.1) is 11.3 Å². The predicted molar refractivity (Wildman–Crippen MR) is 66.0 cm³/mol. The number of nitrogens with zero attached hydrogens (tertiary/aromatic N) is 2. The minimum Gasteiger partial charge on any atom is -0.310 e. The van der Waals surface area contributed by atoms with E-state index in [9.17, 15) is 4.79 Å². The first-order valence-corrected chi connectivity index (χ1v) is 5.42. The molecule has 4 heteroatoms. The highest BCUT2D eigenvalue weighted by Gasteiger charge is 2.02. The van der Waals surface area contributed by atoms with Gasteiger partial charge in [0.25, 0.3) is 5.56 Å². The standard InChI is InChI=1S/C13H9ClN2O/c14-12-5-3-10(4-6-12)9-16-7-1-2-11(8-15)13(16)17/h1-7H,9H2. The van der Waals surface area contributed by atoms with Gasteiger partial charge in [-0.25, -0.2) is 0 Å². The Hall–Kier alpha value is -2.05. The van der Waals surface area contributed by atoms with E-state index >= 15 is 0 Å². The molecule has 0 saturated carbocycles. The van der Waals surface area contributed by atoms with E-state index in [1.807, 2.05) is 18.2 Å². The quantitative estimate of drug-likeness (QED) is 0.815. The molecule has 0 amide bonds. The Morgan fingerprint density at radius 1 is 1.24 bits per heavy atom. The van der Waals surface area contributed by atoms with Gasteiger partial charge in [-0.15, -0.1) is 0 Å². The summed E-state index contributed by atoms with van der Waals surface area (Å²) in [5, 5.41) is 9.42. The van der Waals surface area contributed by atoms with Gasteiger partial charge < -0.3 is 4.57 Å². The lowest BCUT2D eigenvalue weighted by molar-refractivity contribution is 0.756. The highest BCUT2D eigenvalue weighted by molar-refractivity contribution is 6.30. The maximum absolute atomic E-state index is 11.8. The summed E-state index contributed by atoms with van der Waals surface area (Å²) >= 11 is 5.78. The molecule has 1 aromatic heterocycles. The molecule has 0 unspecified atom stereocenters. The molecule has 84 valence electrons. The second kappa shape index (κ2) is 4.86. The molecule has 3 nitrogen and oxygen atoms in total. The molecule has 0 atom stereocenters. The van der Waals surface area contributed by atoms with E-state index in [0.29, 0.717) is 11.6 Å². The van der Waals surface area contributed by atoms with Crippen LogP contribution in [0.1, 0.15) is 11.1 Å². The van der Waals surface area contributed by atoms with Crippen LogP contribution in [0.5, 0.6) is 0 Å². The second-order valence-electron chi connectivity index (χ2n) is 3.59. The molecule has 0 fully saturated rings. The fourth-order valence-electron chi connectivity index (χ4n) is 1.53. The molecular weight excluding hydrogens is 236 g/mol. The Kier molecular flexibility index (Phi) is 3.27. The zero-order valence-electron chi connectivity index (χ0n) is 8.93. The van der Waals surface area contributed by atoms with Gasteiger partial charge in [-0.05, 0) is 29.8 Å². The topological polar surface area (TPSA) is 45.8 Å². The summed E-state index contributed by atoms with van der Waals surface area (Å²) in [4.78, 5) is 11.8. The van der Waals surface area contributed by atoms with E-state index in [1.54, 1.807) is 24.4 Å². The molecule has 0 N–H and O–H groups in total. The van der Waals surface area contributed by atoms with Gasteiger partial charge >= 0.3 is 0 Å². The van der Waals surface area contributed by atoms with E-state index in [2.05, 4.69) is 0 Å². The summed E-state index contributed by atoms with van der Waals surface area (Å²) in [5.41, 5.74) is 0.845. The zero-order valence-corrected chi connectivity index (χ0v) is 9.69. The third-order valence-corrected chi connectivity index (χ3v) is 2.66. The minimum atomic E-state index is -0.273. The van der Waals surface area contributed by atoms with Crippen LogP contribution in [0.15, 0.2) is 47.4 Å². The van der Waals surface area contributed by atoms with Crippen LogP contribution < -0.4 is 5.56 Å². The molecule has 0 aliphatic heterocycles. The van der Waals surface area contributed by atoms with Crippen LogP contribution in [0.25, 0.3) is 0 Å². The Morgan fingerprint density at radius 3 is 2.59 bits per heavy atom. The van der Waals surface area contributed by atoms with Crippen molar-refractivity contribution in [2.24, 2.45) is 0 Å². The van der Waals surface area contributed by atoms with Crippen molar-refractivity contribution in [3.05, 3.63) is 69.1 Å². The normalized spacial score (nSPS) is 9.88. The highest BCUT2D eigenvalue weighted by atomic mass is 35.5. The first-order chi connectivity index (χ1) is 8.20. The van der Waals surface area contributed by atoms with Gasteiger partial charge in [0.2, 0.25) is 0 Å². The number of nitriles is 1. The monoisotopic (exact) mass is 244 g/mol. The van der Waals surface area contributed by atoms with Crippen molar-refractivity contribution in [3.63, 3.8) is 0 Å². The van der Waals surface area contributed by atoms with Crippen LogP contribution in [-0.4, -0.2) is 4.57 Å². The third kappa shape index (κ3) is 2.55. The van der Waals surface area contributed by atoms with Crippen LogP contribution in [0.2, 0.25) is 5.02 Å². The number of rotatable bonds is 2. The number of pyridine rings is 1. The van der Waals surface area contributed by atoms with Gasteiger partial charge in [-0.3, -0.25) is 4.79 Å². The number of hydrogen-bond acceptors (Lipinski definition) is 2. The van der Waals surface area contributed by atoms with E-state index in [0.717, 1.165) is 5.56 Å². The molecule has 0 aliphatic carbocycles. The van der Waals surface area contributed by atoms with Crippen molar-refractivity contribution in [1.29, 1.82) is 5.26 Å². The molecule has 0 spiro atoms. The molecule has 0 aliphatic rings. The van der Waals surface area contributed by atoms with E-state index in [4.69, 9.17) is 16.9 Å². The molecule has 0 bridgehead atoms. The molecule has 1 aromatic carbocycles. The Balaban J connectivity index is 2.34. The Labute approximate surface area is 104 Å². The van der Waals surface area contributed by atoms with Crippen LogP contribution in [-0.2, 0) is 6.54 Å². The summed E-state index contributed by atoms with van der Waals surface area (Å²) in [6.45, 7) is 0.436. The van der Waals surface area contributed by atoms with Crippen molar-refractivity contribution in [2.75, 3.05) is 0 Å². The first-order valence-electron chi connectivity index (χ1n) is 5.05. The lowest BCUT2D eigenvalue weighted by atomic mass is 10.2. The number of benzene rings is 1. The second-order valence-corrected chi connectivity index (χ2v) is 4.03. The summed E-state index contributed by atoms with van der Waals surface area (Å²) in [6.07, 6.45) is 1.66. The summed E-state index contributed by atoms with van der Waals surface area (Å²) in [5.74, 6) is 0. The van der Waals surface area contributed by atoms with Crippen LogP contribution in [0.3, 0.4) is 0 Å². The van der Waals surface area contributed by atoms with Crippen molar-refractivity contribution in [1.82, 2.24) is 4.57 Å². The van der Waals surface area contributed by atoms with Crippen LogP contribution >= 0.6 is 11.6 Å². The third-order valence-electron chi connectivity index (χ3n) is 2.41. The van der Waals surface area contributed by atoms with E-state index in [1.165, 1.54) is 10.6 Å². The molecule has 0 radical (unpaired) electrons. The van der Waals surface area contributed by atoms with Gasteiger partial charge in [0.05, 0.1) is 6.54 Å². The fourth-order valence-corrected chi connectivity index (χ4v) is 1.66. The summed E-state index contributed by atoms with van der Waals surface area (Å²) < 4.78 is 1.50. The molecule has 1 heterocycles. The van der Waals surface area contributed by atoms with E-state index < -0.39 is 0 Å². The highest BCUT2D eigenvalue weighted by Crippen LogP contribution is 2.10. The van der Waals surface area contributed by atoms with Gasteiger partial charge in [0.15, 0.2) is 0 Å². The average molecular weight is 245 g/mol. The van der Waals surface area contributed by atoms with Crippen molar-refractivity contribution < 1.29 is 0 Å². The zero-order chi connectivity index (χ0) is 12.3. The lowest BCUT2D eigenvalue weighted by Gasteiger charge is -2.05. The summed E-state index contributed by atoms with van der Waals surface area (Å²) in [7, 11) is 0. The van der Waals surface area contributed by atoms with Gasteiger partial charge in [0.1, 0.15) is 11.6 Å². The van der Waals surface area contributed by atoms with Crippen molar-refractivity contribution in [3.8, 4) is 6.07 Å². The molecule has 17 heavy (non-hydrogen) atoms. The maximum Gasteiger partial charge on any atom is 0.268 e. The lowest BCUT2D eigenvalue weighted by Crippen LogP contribution is -2.22. The largest absolute Gasteiger partial charge is 0.310 e. The fraction of sp³-hybridized carbons (Fsp3) is 0.0769. The number of halogens is 1. The smallest absolute Gasteiger partial charge is 0.268 e. The van der Waals surface area contributed by atoms with Gasteiger partial charge in [-0.2, -0.15) is 5.26 Å². The number of aromatic nitrogens is 1. The first kappa shape index (κ1) is 11.4. The molecule has 2 aromatic rings. The summed E-state index contributed by atoms with van der Waals surface area (Å²) in [6, 6.07) is 12.3. The Bertz CT molecular complexity index is 623. The molecule has 2 rings (SSSR count). The average Bonchev–Trinajstić information content (AvgIpc) is 2.35. The van der Waals surface area contributed by atoms with Gasteiger partial charge in [0, 0.05) is 11.2 Å². The maximum atomic E-state index is 11.8. The predicted octanol–water partition coefficient (Wildman–Crippen LogP) is 2.42.